The van der Waals surface area contributed by atoms with Gasteiger partial charge in [-0.3, -0.25) is 0 Å². The van der Waals surface area contributed by atoms with Crippen LogP contribution in [0.4, 0.5) is 5.69 Å². The van der Waals surface area contributed by atoms with E-state index in [4.69, 9.17) is 0 Å². The van der Waals surface area contributed by atoms with E-state index in [-0.39, 0.29) is 0 Å². The highest BCUT2D eigenvalue weighted by atomic mass is 32.2. The Balaban J connectivity index is 2.28. The van der Waals surface area contributed by atoms with Gasteiger partial charge in [0.05, 0.1) is 11.3 Å². The maximum Gasteiger partial charge on any atom is 0.103 e. The van der Waals surface area contributed by atoms with Crippen LogP contribution < -0.4 is 4.90 Å². The van der Waals surface area contributed by atoms with Gasteiger partial charge in [-0.1, -0.05) is 13.0 Å². The van der Waals surface area contributed by atoms with Crippen molar-refractivity contribution >= 4 is 28.8 Å². The fourth-order valence-corrected chi connectivity index (χ4v) is 3.41. The van der Waals surface area contributed by atoms with Crippen LogP contribution in [0.3, 0.4) is 0 Å². The summed E-state index contributed by atoms with van der Waals surface area (Å²) in [6, 6.07) is 10.5. The van der Waals surface area contributed by atoms with Crippen molar-refractivity contribution in [2.24, 2.45) is 0 Å². The number of benzene rings is 1. The molecule has 0 aliphatic carbocycles. The van der Waals surface area contributed by atoms with Crippen LogP contribution in [0.2, 0.25) is 0 Å². The lowest BCUT2D eigenvalue weighted by Crippen LogP contribution is -2.17. The first-order valence-corrected chi connectivity index (χ1v) is 8.07. The normalized spacial score (nSPS) is 10.2. The molecule has 0 atom stereocenters. The quantitative estimate of drug-likeness (QED) is 0.765. The average Bonchev–Trinajstić information content (AvgIpc) is 2.91. The third kappa shape index (κ3) is 3.31. The topological polar surface area (TPSA) is 27.0 Å². The van der Waals surface area contributed by atoms with Crippen molar-refractivity contribution in [1.82, 2.24) is 0 Å². The predicted molar refractivity (Wildman–Crippen MR) is 84.0 cm³/mol. The molecule has 98 valence electrons. The van der Waals surface area contributed by atoms with Crippen LogP contribution in [0.1, 0.15) is 18.1 Å². The fourth-order valence-electron chi connectivity index (χ4n) is 1.97. The molecule has 1 aromatic heterocycles. The van der Waals surface area contributed by atoms with Crippen molar-refractivity contribution in [2.45, 2.75) is 18.4 Å². The van der Waals surface area contributed by atoms with Crippen LogP contribution in [0.25, 0.3) is 0 Å². The van der Waals surface area contributed by atoms with Gasteiger partial charge in [0.25, 0.3) is 0 Å². The number of thiophene rings is 1. The maximum absolute atomic E-state index is 9.41. The molecule has 0 saturated heterocycles. The highest BCUT2D eigenvalue weighted by molar-refractivity contribution is 7.99. The molecule has 0 bridgehead atoms. The molecular formula is C15H16N2S2. The first-order chi connectivity index (χ1) is 9.26. The second-order valence-electron chi connectivity index (χ2n) is 4.18. The summed E-state index contributed by atoms with van der Waals surface area (Å²) in [6.07, 6.45) is 0. The van der Waals surface area contributed by atoms with Crippen molar-refractivity contribution in [3.05, 3.63) is 46.2 Å². The van der Waals surface area contributed by atoms with E-state index >= 15 is 0 Å². The third-order valence-electron chi connectivity index (χ3n) is 2.83. The molecule has 0 saturated carbocycles. The molecule has 1 heterocycles. The number of rotatable bonds is 5. The zero-order chi connectivity index (χ0) is 13.7. The molecule has 2 aromatic rings. The summed E-state index contributed by atoms with van der Waals surface area (Å²) < 4.78 is 0. The van der Waals surface area contributed by atoms with E-state index in [2.05, 4.69) is 34.7 Å². The number of hydrogen-bond donors (Lipinski definition) is 0. The zero-order valence-corrected chi connectivity index (χ0v) is 12.7. The van der Waals surface area contributed by atoms with Gasteiger partial charge in [-0.15, -0.1) is 11.8 Å². The third-order valence-corrected chi connectivity index (χ3v) is 4.50. The second-order valence-corrected chi connectivity index (χ2v) is 6.27. The monoisotopic (exact) mass is 288 g/mol. The molecule has 0 aliphatic heterocycles. The highest BCUT2D eigenvalue weighted by Crippen LogP contribution is 2.30. The van der Waals surface area contributed by atoms with Gasteiger partial charge < -0.3 is 4.90 Å². The Morgan fingerprint density at radius 2 is 2.21 bits per heavy atom. The van der Waals surface area contributed by atoms with Gasteiger partial charge in [0.1, 0.15) is 6.07 Å². The van der Waals surface area contributed by atoms with Crippen LogP contribution in [0.5, 0.6) is 0 Å². The van der Waals surface area contributed by atoms with Crippen molar-refractivity contribution in [3.63, 3.8) is 0 Å². The van der Waals surface area contributed by atoms with E-state index in [9.17, 15) is 5.26 Å². The summed E-state index contributed by atoms with van der Waals surface area (Å²) in [6.45, 7) is 2.94. The van der Waals surface area contributed by atoms with Crippen molar-refractivity contribution in [2.75, 3.05) is 17.7 Å². The standard InChI is InChI=1S/C15H16N2S2/c1-3-19-15-6-4-5-14(13(15)9-16)17(2)10-12-7-8-18-11-12/h4-8,11H,3,10H2,1-2H3. The van der Waals surface area contributed by atoms with Crippen LogP contribution in [-0.2, 0) is 6.54 Å². The lowest BCUT2D eigenvalue weighted by molar-refractivity contribution is 0.922. The summed E-state index contributed by atoms with van der Waals surface area (Å²) in [7, 11) is 2.04. The molecule has 1 aromatic carbocycles. The van der Waals surface area contributed by atoms with Crippen molar-refractivity contribution in [1.29, 1.82) is 5.26 Å². The van der Waals surface area contributed by atoms with E-state index in [1.807, 2.05) is 25.2 Å². The van der Waals surface area contributed by atoms with E-state index in [1.54, 1.807) is 23.1 Å². The van der Waals surface area contributed by atoms with Gasteiger partial charge in [0, 0.05) is 18.5 Å². The van der Waals surface area contributed by atoms with Gasteiger partial charge in [-0.2, -0.15) is 16.6 Å². The molecule has 0 fully saturated rings. The molecule has 4 heteroatoms. The average molecular weight is 288 g/mol. The molecule has 2 rings (SSSR count). The van der Waals surface area contributed by atoms with Gasteiger partial charge in [0.15, 0.2) is 0 Å². The van der Waals surface area contributed by atoms with Crippen molar-refractivity contribution < 1.29 is 0 Å². The maximum atomic E-state index is 9.41. The lowest BCUT2D eigenvalue weighted by atomic mass is 10.1. The van der Waals surface area contributed by atoms with E-state index in [0.29, 0.717) is 0 Å². The fraction of sp³-hybridized carbons (Fsp3) is 0.267. The molecule has 0 radical (unpaired) electrons. The minimum Gasteiger partial charge on any atom is -0.369 e. The van der Waals surface area contributed by atoms with Crippen LogP contribution >= 0.6 is 23.1 Å². The molecule has 0 N–H and O–H groups in total. The van der Waals surface area contributed by atoms with Crippen molar-refractivity contribution in [3.8, 4) is 6.07 Å². The molecule has 0 amide bonds. The van der Waals surface area contributed by atoms with Gasteiger partial charge in [0.2, 0.25) is 0 Å². The SMILES string of the molecule is CCSc1cccc(N(C)Cc2ccsc2)c1C#N. The molecule has 2 nitrogen and oxygen atoms in total. The van der Waals surface area contributed by atoms with E-state index in [0.717, 1.165) is 28.4 Å². The predicted octanol–water partition coefficient (Wildman–Crippen LogP) is 4.37. The minimum atomic E-state index is 0.784. The first kappa shape index (κ1) is 14.0. The number of thioether (sulfide) groups is 1. The molecule has 19 heavy (non-hydrogen) atoms. The Hall–Kier alpha value is -1.44. The Labute approximate surface area is 122 Å². The summed E-state index contributed by atoms with van der Waals surface area (Å²) in [5.74, 6) is 0.979. The van der Waals surface area contributed by atoms with E-state index < -0.39 is 0 Å². The summed E-state index contributed by atoms with van der Waals surface area (Å²) in [4.78, 5) is 3.21. The Kier molecular flexibility index (Phi) is 4.89. The lowest BCUT2D eigenvalue weighted by Gasteiger charge is -2.21. The van der Waals surface area contributed by atoms with Crippen LogP contribution in [0.15, 0.2) is 39.9 Å². The summed E-state index contributed by atoms with van der Waals surface area (Å²) in [5.41, 5.74) is 3.07. The Bertz CT molecular complexity index is 570. The van der Waals surface area contributed by atoms with Crippen LogP contribution in [0, 0.1) is 11.3 Å². The van der Waals surface area contributed by atoms with Gasteiger partial charge in [-0.05, 0) is 40.3 Å². The Morgan fingerprint density at radius 3 is 2.84 bits per heavy atom. The smallest absolute Gasteiger partial charge is 0.103 e. The van der Waals surface area contributed by atoms with Crippen LogP contribution in [-0.4, -0.2) is 12.8 Å². The highest BCUT2D eigenvalue weighted by Gasteiger charge is 2.12. The first-order valence-electron chi connectivity index (χ1n) is 6.14. The number of nitriles is 1. The molecule has 0 unspecified atom stereocenters. The number of hydrogen-bond acceptors (Lipinski definition) is 4. The zero-order valence-electron chi connectivity index (χ0n) is 11.1. The molecule has 0 aliphatic rings. The largest absolute Gasteiger partial charge is 0.369 e. The Morgan fingerprint density at radius 1 is 1.37 bits per heavy atom. The van der Waals surface area contributed by atoms with Gasteiger partial charge in [-0.25, -0.2) is 0 Å². The summed E-state index contributed by atoms with van der Waals surface area (Å²) in [5, 5.41) is 13.6. The van der Waals surface area contributed by atoms with Gasteiger partial charge >= 0.3 is 0 Å². The molecular weight excluding hydrogens is 272 g/mol. The molecule has 0 spiro atoms. The number of nitrogens with zero attached hydrogens (tertiary/aromatic N) is 2. The minimum absolute atomic E-state index is 0.784. The number of anilines is 1. The summed E-state index contributed by atoms with van der Waals surface area (Å²) >= 11 is 3.42. The van der Waals surface area contributed by atoms with E-state index in [1.165, 1.54) is 5.56 Å². The second kappa shape index (κ2) is 6.65.